The number of amides is 4. The fraction of sp³-hybridized carbons (Fsp3) is 0.688. The summed E-state index contributed by atoms with van der Waals surface area (Å²) >= 11 is 0. The lowest BCUT2D eigenvalue weighted by atomic mass is 9.85. The summed E-state index contributed by atoms with van der Waals surface area (Å²) in [4.78, 5) is 40.0. The molecule has 0 aromatic rings. The second kappa shape index (κ2) is 5.63. The number of fused-ring (bicyclic) bond motifs is 5. The summed E-state index contributed by atoms with van der Waals surface area (Å²) in [6, 6.07) is -0.158. The first-order valence-electron chi connectivity index (χ1n) is 8.31. The zero-order valence-electron chi connectivity index (χ0n) is 12.9. The van der Waals surface area contributed by atoms with Gasteiger partial charge in [0.1, 0.15) is 0 Å². The molecular formula is C16H21N3O4. The fourth-order valence-corrected chi connectivity index (χ4v) is 4.34. The van der Waals surface area contributed by atoms with Crippen molar-refractivity contribution in [3.63, 3.8) is 0 Å². The minimum atomic E-state index is -0.160. The van der Waals surface area contributed by atoms with E-state index in [9.17, 15) is 14.4 Å². The molecule has 4 atom stereocenters. The molecule has 2 bridgehead atoms. The van der Waals surface area contributed by atoms with Crippen molar-refractivity contribution < 1.29 is 19.1 Å². The molecule has 2 aliphatic carbocycles. The van der Waals surface area contributed by atoms with E-state index in [1.807, 2.05) is 0 Å². The van der Waals surface area contributed by atoms with Crippen LogP contribution in [0.25, 0.3) is 0 Å². The van der Waals surface area contributed by atoms with Crippen molar-refractivity contribution >= 4 is 17.8 Å². The quantitative estimate of drug-likeness (QED) is 0.579. The van der Waals surface area contributed by atoms with E-state index < -0.39 is 0 Å². The molecule has 2 heterocycles. The van der Waals surface area contributed by atoms with E-state index in [0.29, 0.717) is 32.8 Å². The van der Waals surface area contributed by atoms with Gasteiger partial charge in [-0.25, -0.2) is 4.79 Å². The number of rotatable bonds is 3. The summed E-state index contributed by atoms with van der Waals surface area (Å²) in [5, 5.41) is 2.79. The maximum absolute atomic E-state index is 12.5. The number of carbonyl (C=O) groups is 3. The van der Waals surface area contributed by atoms with Crippen LogP contribution in [0.5, 0.6) is 0 Å². The molecule has 2 aliphatic heterocycles. The molecule has 0 spiro atoms. The molecule has 0 aromatic heterocycles. The number of ether oxygens (including phenoxy) is 1. The van der Waals surface area contributed by atoms with Gasteiger partial charge in [-0.15, -0.1) is 0 Å². The zero-order valence-corrected chi connectivity index (χ0v) is 12.9. The van der Waals surface area contributed by atoms with E-state index in [1.54, 1.807) is 4.90 Å². The van der Waals surface area contributed by atoms with E-state index in [0.717, 1.165) is 6.42 Å². The number of nitrogens with one attached hydrogen (secondary N) is 1. The lowest BCUT2D eigenvalue weighted by molar-refractivity contribution is -0.140. The van der Waals surface area contributed by atoms with E-state index in [1.165, 1.54) is 4.90 Å². The summed E-state index contributed by atoms with van der Waals surface area (Å²) < 4.78 is 5.21. The fourth-order valence-electron chi connectivity index (χ4n) is 4.34. The molecule has 0 unspecified atom stereocenters. The SMILES string of the molecule is O=C(NCCN1C(=O)[C@@H]2[C@H](C1=O)[C@H]1C=C[C@H]2C1)N1CCOCC1. The van der Waals surface area contributed by atoms with Crippen LogP contribution in [-0.4, -0.2) is 67.0 Å². The summed E-state index contributed by atoms with van der Waals surface area (Å²) in [6.45, 7) is 2.82. The topological polar surface area (TPSA) is 79.0 Å². The summed E-state index contributed by atoms with van der Waals surface area (Å²) in [6.07, 6.45) is 5.11. The van der Waals surface area contributed by atoms with E-state index in [-0.39, 0.29) is 48.1 Å². The van der Waals surface area contributed by atoms with Gasteiger partial charge in [0.05, 0.1) is 25.0 Å². The Morgan fingerprint density at radius 1 is 1.13 bits per heavy atom. The molecule has 0 radical (unpaired) electrons. The van der Waals surface area contributed by atoms with Gasteiger partial charge in [-0.3, -0.25) is 14.5 Å². The first-order chi connectivity index (χ1) is 11.2. The van der Waals surface area contributed by atoms with Gasteiger partial charge >= 0.3 is 6.03 Å². The molecule has 23 heavy (non-hydrogen) atoms. The Bertz CT molecular complexity index is 540. The first-order valence-corrected chi connectivity index (χ1v) is 8.31. The molecule has 2 saturated heterocycles. The summed E-state index contributed by atoms with van der Waals surface area (Å²) in [5.41, 5.74) is 0. The Hall–Kier alpha value is -1.89. The predicted molar refractivity (Wildman–Crippen MR) is 80.2 cm³/mol. The highest BCUT2D eigenvalue weighted by atomic mass is 16.5. The normalized spacial score (nSPS) is 35.1. The van der Waals surface area contributed by atoms with Crippen molar-refractivity contribution in [2.24, 2.45) is 23.7 Å². The van der Waals surface area contributed by atoms with Gasteiger partial charge in [-0.2, -0.15) is 0 Å². The number of morpholine rings is 1. The van der Waals surface area contributed by atoms with Crippen LogP contribution in [-0.2, 0) is 14.3 Å². The minimum absolute atomic E-state index is 0.0579. The summed E-state index contributed by atoms with van der Waals surface area (Å²) in [5.74, 6) is 0.0265. The van der Waals surface area contributed by atoms with Crippen molar-refractivity contribution in [2.45, 2.75) is 6.42 Å². The Kier molecular flexibility index (Phi) is 3.60. The molecule has 7 heteroatoms. The molecule has 4 amide bonds. The Balaban J connectivity index is 1.31. The molecule has 7 nitrogen and oxygen atoms in total. The van der Waals surface area contributed by atoms with Crippen LogP contribution in [0.2, 0.25) is 0 Å². The zero-order chi connectivity index (χ0) is 16.0. The van der Waals surface area contributed by atoms with Gasteiger partial charge in [-0.1, -0.05) is 12.2 Å². The number of imide groups is 1. The van der Waals surface area contributed by atoms with Crippen LogP contribution in [0.15, 0.2) is 12.2 Å². The van der Waals surface area contributed by atoms with Crippen LogP contribution >= 0.6 is 0 Å². The highest BCUT2D eigenvalue weighted by Gasteiger charge is 2.58. The van der Waals surface area contributed by atoms with Gasteiger partial charge in [0, 0.05) is 26.2 Å². The highest BCUT2D eigenvalue weighted by molar-refractivity contribution is 6.06. The van der Waals surface area contributed by atoms with Crippen molar-refractivity contribution in [3.05, 3.63) is 12.2 Å². The second-order valence-electron chi connectivity index (χ2n) is 6.66. The number of hydrogen-bond acceptors (Lipinski definition) is 4. The van der Waals surface area contributed by atoms with Crippen molar-refractivity contribution in [1.29, 1.82) is 0 Å². The van der Waals surface area contributed by atoms with Crippen molar-refractivity contribution in [1.82, 2.24) is 15.1 Å². The Morgan fingerprint density at radius 3 is 2.35 bits per heavy atom. The average Bonchev–Trinajstić information content (AvgIpc) is 3.25. The van der Waals surface area contributed by atoms with Crippen LogP contribution in [0.3, 0.4) is 0 Å². The minimum Gasteiger partial charge on any atom is -0.378 e. The highest BCUT2D eigenvalue weighted by Crippen LogP contribution is 2.52. The smallest absolute Gasteiger partial charge is 0.317 e. The third-order valence-corrected chi connectivity index (χ3v) is 5.47. The Morgan fingerprint density at radius 2 is 1.74 bits per heavy atom. The van der Waals surface area contributed by atoms with Gasteiger partial charge in [-0.05, 0) is 18.3 Å². The molecule has 1 N–H and O–H groups in total. The molecule has 1 saturated carbocycles. The number of urea groups is 1. The van der Waals surface area contributed by atoms with Crippen LogP contribution < -0.4 is 5.32 Å². The molecule has 4 aliphatic rings. The largest absolute Gasteiger partial charge is 0.378 e. The molecular weight excluding hydrogens is 298 g/mol. The number of nitrogens with zero attached hydrogens (tertiary/aromatic N) is 2. The van der Waals surface area contributed by atoms with Crippen LogP contribution in [0.4, 0.5) is 4.79 Å². The van der Waals surface area contributed by atoms with E-state index in [2.05, 4.69) is 17.5 Å². The maximum atomic E-state index is 12.5. The van der Waals surface area contributed by atoms with Crippen molar-refractivity contribution in [3.8, 4) is 0 Å². The lowest BCUT2D eigenvalue weighted by Crippen LogP contribution is -2.48. The average molecular weight is 319 g/mol. The molecule has 4 rings (SSSR count). The van der Waals surface area contributed by atoms with Gasteiger partial charge in [0.25, 0.3) is 0 Å². The Labute approximate surface area is 134 Å². The summed E-state index contributed by atoms with van der Waals surface area (Å²) in [7, 11) is 0. The van der Waals surface area contributed by atoms with Crippen molar-refractivity contribution in [2.75, 3.05) is 39.4 Å². The number of carbonyl (C=O) groups excluding carboxylic acids is 3. The first kappa shape index (κ1) is 14.7. The number of likely N-dealkylation sites (tertiary alicyclic amines) is 1. The molecule has 3 fully saturated rings. The van der Waals surface area contributed by atoms with E-state index in [4.69, 9.17) is 4.74 Å². The van der Waals surface area contributed by atoms with Crippen LogP contribution in [0.1, 0.15) is 6.42 Å². The van der Waals surface area contributed by atoms with Gasteiger partial charge in [0.2, 0.25) is 11.8 Å². The molecule has 124 valence electrons. The number of hydrogen-bond donors (Lipinski definition) is 1. The predicted octanol–water partition coefficient (Wildman–Crippen LogP) is -0.165. The second-order valence-corrected chi connectivity index (χ2v) is 6.66. The van der Waals surface area contributed by atoms with Gasteiger partial charge < -0.3 is 15.0 Å². The third-order valence-electron chi connectivity index (χ3n) is 5.47. The monoisotopic (exact) mass is 319 g/mol. The lowest BCUT2D eigenvalue weighted by Gasteiger charge is -2.27. The molecule has 0 aromatic carbocycles. The third kappa shape index (κ3) is 2.34. The maximum Gasteiger partial charge on any atom is 0.317 e. The van der Waals surface area contributed by atoms with Gasteiger partial charge in [0.15, 0.2) is 0 Å². The van der Waals surface area contributed by atoms with Crippen LogP contribution in [0, 0.1) is 23.7 Å². The van der Waals surface area contributed by atoms with E-state index >= 15 is 0 Å². The number of allylic oxidation sites excluding steroid dienone is 2. The standard InChI is InChI=1S/C16H21N3O4/c20-14-12-10-1-2-11(9-10)13(12)15(21)19(14)4-3-17-16(22)18-5-7-23-8-6-18/h1-2,10-13H,3-9H2,(H,17,22)/t10-,11-,12-,13+/m0/s1.